The van der Waals surface area contributed by atoms with Crippen LogP contribution in [0.5, 0.6) is 0 Å². The van der Waals surface area contributed by atoms with Crippen LogP contribution >= 0.6 is 11.3 Å². The van der Waals surface area contributed by atoms with E-state index >= 15 is 0 Å². The number of aliphatic hydroxyl groups excluding tert-OH is 1. The molecule has 22 heavy (non-hydrogen) atoms. The van der Waals surface area contributed by atoms with Crippen LogP contribution in [0.4, 0.5) is 18.9 Å². The molecular weight excluding hydrogens is 311 g/mol. The molecular formula is C16H12F3NOS. The fraction of sp³-hybridized carbons (Fsp3) is 0.125. The molecule has 0 aliphatic rings. The number of benzene rings is 2. The maximum absolute atomic E-state index is 12.7. The highest BCUT2D eigenvalue weighted by Gasteiger charge is 2.30. The van der Waals surface area contributed by atoms with Crippen molar-refractivity contribution in [3.8, 4) is 0 Å². The molecule has 114 valence electrons. The molecule has 1 unspecified atom stereocenters. The first kappa shape index (κ1) is 14.9. The molecule has 0 spiro atoms. The van der Waals surface area contributed by atoms with Crippen LogP contribution < -0.4 is 5.32 Å². The molecule has 2 nitrogen and oxygen atoms in total. The van der Waals surface area contributed by atoms with Crippen LogP contribution in [-0.4, -0.2) is 5.11 Å². The lowest BCUT2D eigenvalue weighted by Gasteiger charge is -2.11. The average Bonchev–Trinajstić information content (AvgIpc) is 2.90. The van der Waals surface area contributed by atoms with Crippen molar-refractivity contribution >= 4 is 27.1 Å². The average molecular weight is 323 g/mol. The number of hydrogen-bond donors (Lipinski definition) is 2. The number of thiophene rings is 1. The number of para-hydroxylation sites is 1. The van der Waals surface area contributed by atoms with Crippen LogP contribution in [0.3, 0.4) is 0 Å². The van der Waals surface area contributed by atoms with Crippen molar-refractivity contribution in [3.05, 3.63) is 65.0 Å². The Morgan fingerprint density at radius 2 is 1.73 bits per heavy atom. The smallest absolute Gasteiger partial charge is 0.369 e. The minimum Gasteiger partial charge on any atom is -0.369 e. The first-order valence-corrected chi connectivity index (χ1v) is 7.35. The molecule has 1 atom stereocenters. The van der Waals surface area contributed by atoms with Crippen LogP contribution in [0.1, 0.15) is 16.7 Å². The van der Waals surface area contributed by atoms with Crippen LogP contribution in [0.2, 0.25) is 0 Å². The number of halogens is 3. The van der Waals surface area contributed by atoms with E-state index < -0.39 is 18.0 Å². The maximum atomic E-state index is 12.7. The van der Waals surface area contributed by atoms with Gasteiger partial charge in [0.25, 0.3) is 0 Å². The van der Waals surface area contributed by atoms with Crippen molar-refractivity contribution < 1.29 is 18.3 Å². The van der Waals surface area contributed by atoms with Crippen LogP contribution in [0, 0.1) is 0 Å². The van der Waals surface area contributed by atoms with E-state index in [0.717, 1.165) is 17.8 Å². The normalized spacial score (nSPS) is 13.3. The molecule has 2 N–H and O–H groups in total. The Labute approximate surface area is 128 Å². The van der Waals surface area contributed by atoms with Crippen LogP contribution in [-0.2, 0) is 6.18 Å². The standard InChI is InChI=1S/C16H12F3NOS/c17-16(18,19)11-6-7-13-10(8-11)9-14(22-13)15(21)20-12-4-2-1-3-5-12/h1-9,15,20-21H. The fourth-order valence-electron chi connectivity index (χ4n) is 2.14. The maximum Gasteiger partial charge on any atom is 0.416 e. The van der Waals surface area contributed by atoms with Crippen LogP contribution in [0.15, 0.2) is 54.6 Å². The van der Waals surface area contributed by atoms with Gasteiger partial charge in [-0.2, -0.15) is 13.2 Å². The van der Waals surface area contributed by atoms with Crippen molar-refractivity contribution in [3.63, 3.8) is 0 Å². The highest BCUT2D eigenvalue weighted by atomic mass is 32.1. The predicted octanol–water partition coefficient (Wildman–Crippen LogP) is 5.02. The molecule has 0 saturated carbocycles. The number of anilines is 1. The molecule has 0 fully saturated rings. The van der Waals surface area contributed by atoms with Crippen molar-refractivity contribution in [2.75, 3.05) is 5.32 Å². The number of alkyl halides is 3. The zero-order chi connectivity index (χ0) is 15.7. The Morgan fingerprint density at radius 3 is 2.41 bits per heavy atom. The second kappa shape index (κ2) is 5.62. The monoisotopic (exact) mass is 323 g/mol. The quantitative estimate of drug-likeness (QED) is 0.663. The summed E-state index contributed by atoms with van der Waals surface area (Å²) in [6.07, 6.45) is -5.33. The largest absolute Gasteiger partial charge is 0.416 e. The summed E-state index contributed by atoms with van der Waals surface area (Å²) in [7, 11) is 0. The van der Waals surface area contributed by atoms with Crippen molar-refractivity contribution in [1.29, 1.82) is 0 Å². The number of hydrogen-bond acceptors (Lipinski definition) is 3. The van der Waals surface area contributed by atoms with Crippen molar-refractivity contribution in [2.24, 2.45) is 0 Å². The van der Waals surface area contributed by atoms with Crippen molar-refractivity contribution in [2.45, 2.75) is 12.4 Å². The molecule has 2 aromatic carbocycles. The molecule has 3 rings (SSSR count). The first-order chi connectivity index (χ1) is 10.4. The van der Waals surface area contributed by atoms with Gasteiger partial charge in [-0.15, -0.1) is 11.3 Å². The van der Waals surface area contributed by atoms with Gasteiger partial charge in [-0.1, -0.05) is 18.2 Å². The predicted molar refractivity (Wildman–Crippen MR) is 81.9 cm³/mol. The number of aliphatic hydroxyl groups is 1. The third kappa shape index (κ3) is 3.08. The second-order valence-corrected chi connectivity index (χ2v) is 5.93. The van der Waals surface area contributed by atoms with E-state index in [9.17, 15) is 18.3 Å². The van der Waals surface area contributed by atoms with Gasteiger partial charge in [0.05, 0.1) is 10.4 Å². The summed E-state index contributed by atoms with van der Waals surface area (Å²) >= 11 is 1.26. The van der Waals surface area contributed by atoms with Gasteiger partial charge < -0.3 is 10.4 Å². The molecule has 1 heterocycles. The molecule has 6 heteroatoms. The lowest BCUT2D eigenvalue weighted by atomic mass is 10.1. The minimum atomic E-state index is -4.36. The lowest BCUT2D eigenvalue weighted by Crippen LogP contribution is -2.07. The summed E-state index contributed by atoms with van der Waals surface area (Å²) in [5, 5.41) is 13.6. The third-order valence-corrected chi connectivity index (χ3v) is 4.38. The Balaban J connectivity index is 1.88. The Bertz CT molecular complexity index is 783. The van der Waals surface area contributed by atoms with E-state index in [0.29, 0.717) is 15.0 Å². The van der Waals surface area contributed by atoms with Gasteiger partial charge in [0, 0.05) is 10.4 Å². The fourth-order valence-corrected chi connectivity index (χ4v) is 3.12. The van der Waals surface area contributed by atoms with Crippen LogP contribution in [0.25, 0.3) is 10.1 Å². The highest BCUT2D eigenvalue weighted by molar-refractivity contribution is 7.19. The molecule has 0 bridgehead atoms. The van der Waals surface area contributed by atoms with E-state index in [2.05, 4.69) is 5.32 Å². The number of fused-ring (bicyclic) bond motifs is 1. The van der Waals surface area contributed by atoms with E-state index in [1.807, 2.05) is 18.2 Å². The van der Waals surface area contributed by atoms with Gasteiger partial charge in [0.15, 0.2) is 6.23 Å². The molecule has 0 radical (unpaired) electrons. The number of rotatable bonds is 3. The molecule has 0 amide bonds. The van der Waals surface area contributed by atoms with E-state index in [-0.39, 0.29) is 0 Å². The summed E-state index contributed by atoms with van der Waals surface area (Å²) in [4.78, 5) is 0.568. The molecule has 3 aromatic rings. The Kier molecular flexibility index (Phi) is 3.80. The molecule has 0 aliphatic heterocycles. The zero-order valence-corrected chi connectivity index (χ0v) is 12.1. The minimum absolute atomic E-state index is 0.476. The summed E-state index contributed by atoms with van der Waals surface area (Å²) < 4.78 is 38.8. The van der Waals surface area contributed by atoms with Gasteiger partial charge in [0.2, 0.25) is 0 Å². The van der Waals surface area contributed by atoms with Crippen molar-refractivity contribution in [1.82, 2.24) is 0 Å². The molecule has 0 aliphatic carbocycles. The Hall–Kier alpha value is -2.05. The third-order valence-electron chi connectivity index (χ3n) is 3.21. The topological polar surface area (TPSA) is 32.3 Å². The highest BCUT2D eigenvalue weighted by Crippen LogP contribution is 2.35. The van der Waals surface area contributed by atoms with Gasteiger partial charge in [-0.25, -0.2) is 0 Å². The zero-order valence-electron chi connectivity index (χ0n) is 11.3. The SMILES string of the molecule is OC(Nc1ccccc1)c1cc2cc(C(F)(F)F)ccc2s1. The molecule has 0 saturated heterocycles. The lowest BCUT2D eigenvalue weighted by molar-refractivity contribution is -0.137. The second-order valence-electron chi connectivity index (χ2n) is 4.81. The summed E-state index contributed by atoms with van der Waals surface area (Å²) in [5.74, 6) is 0. The molecule has 1 aromatic heterocycles. The van der Waals surface area contributed by atoms with Gasteiger partial charge >= 0.3 is 6.18 Å². The summed E-state index contributed by atoms with van der Waals surface area (Å²) in [6, 6.07) is 14.3. The van der Waals surface area contributed by atoms with E-state index in [4.69, 9.17) is 0 Å². The first-order valence-electron chi connectivity index (χ1n) is 6.54. The van der Waals surface area contributed by atoms with E-state index in [1.165, 1.54) is 17.4 Å². The number of nitrogens with one attached hydrogen (secondary N) is 1. The Morgan fingerprint density at radius 1 is 1.00 bits per heavy atom. The van der Waals surface area contributed by atoms with Gasteiger partial charge in [-0.05, 0) is 41.8 Å². The summed E-state index contributed by atoms with van der Waals surface area (Å²) in [5.41, 5.74) is 0.0540. The van der Waals surface area contributed by atoms with E-state index in [1.54, 1.807) is 18.2 Å². The van der Waals surface area contributed by atoms with Gasteiger partial charge in [-0.3, -0.25) is 0 Å². The summed E-state index contributed by atoms with van der Waals surface area (Å²) in [6.45, 7) is 0. The van der Waals surface area contributed by atoms with Gasteiger partial charge in [0.1, 0.15) is 0 Å².